The van der Waals surface area contributed by atoms with Crippen LogP contribution in [-0.2, 0) is 11.3 Å². The second-order valence-electron chi connectivity index (χ2n) is 9.88. The molecule has 31 heavy (non-hydrogen) atoms. The molecule has 5 nitrogen and oxygen atoms in total. The molecular weight excluding hydrogens is 386 g/mol. The molecule has 1 aliphatic heterocycles. The van der Waals surface area contributed by atoms with Gasteiger partial charge in [-0.05, 0) is 72.7 Å². The van der Waals surface area contributed by atoms with Crippen molar-refractivity contribution in [3.05, 3.63) is 65.5 Å². The van der Waals surface area contributed by atoms with Crippen molar-refractivity contribution in [1.29, 1.82) is 0 Å². The van der Waals surface area contributed by atoms with E-state index in [0.29, 0.717) is 16.9 Å². The predicted molar refractivity (Wildman–Crippen MR) is 124 cm³/mol. The Hall–Kier alpha value is -2.66. The highest BCUT2D eigenvalue weighted by molar-refractivity contribution is 5.89. The van der Waals surface area contributed by atoms with Crippen molar-refractivity contribution in [2.75, 3.05) is 26.7 Å². The molecule has 3 heterocycles. The number of methoxy groups -OCH3 is 1. The third-order valence-corrected chi connectivity index (χ3v) is 6.15. The van der Waals surface area contributed by atoms with Gasteiger partial charge in [0.15, 0.2) is 0 Å². The largest absolute Gasteiger partial charge is 0.465 e. The highest BCUT2D eigenvalue weighted by atomic mass is 16.5. The van der Waals surface area contributed by atoms with Crippen LogP contribution in [0.4, 0.5) is 0 Å². The maximum absolute atomic E-state index is 11.7. The van der Waals surface area contributed by atoms with Crippen LogP contribution >= 0.6 is 0 Å². The topological polar surface area (TPSA) is 47.4 Å². The minimum Gasteiger partial charge on any atom is -0.465 e. The number of pyridine rings is 1. The maximum Gasteiger partial charge on any atom is 0.337 e. The lowest BCUT2D eigenvalue weighted by Gasteiger charge is -2.36. The van der Waals surface area contributed by atoms with Crippen LogP contribution in [0.15, 0.2) is 48.8 Å². The van der Waals surface area contributed by atoms with E-state index in [4.69, 9.17) is 9.72 Å². The van der Waals surface area contributed by atoms with Crippen molar-refractivity contribution >= 4 is 17.0 Å². The van der Waals surface area contributed by atoms with Gasteiger partial charge in [-0.25, -0.2) is 9.78 Å². The molecule has 1 fully saturated rings. The number of ether oxygens (including phenoxy) is 1. The molecule has 0 amide bonds. The summed E-state index contributed by atoms with van der Waals surface area (Å²) in [5.74, 6) is 0.287. The molecule has 0 unspecified atom stereocenters. The molecule has 0 radical (unpaired) electrons. The monoisotopic (exact) mass is 419 g/mol. The number of fused-ring (bicyclic) bond motifs is 1. The van der Waals surface area contributed by atoms with Crippen LogP contribution in [0.1, 0.15) is 61.0 Å². The van der Waals surface area contributed by atoms with Crippen molar-refractivity contribution < 1.29 is 9.53 Å². The first-order valence-corrected chi connectivity index (χ1v) is 11.2. The molecule has 0 aliphatic carbocycles. The Bertz CT molecular complexity index is 1040. The van der Waals surface area contributed by atoms with Crippen LogP contribution in [0, 0.1) is 5.41 Å². The average molecular weight is 420 g/mol. The molecule has 164 valence electrons. The average Bonchev–Trinajstić information content (AvgIpc) is 3.16. The molecule has 0 atom stereocenters. The molecule has 3 aromatic rings. The van der Waals surface area contributed by atoms with Crippen molar-refractivity contribution in [2.24, 2.45) is 5.41 Å². The van der Waals surface area contributed by atoms with Crippen LogP contribution in [-0.4, -0.2) is 47.2 Å². The first kappa shape index (κ1) is 21.6. The van der Waals surface area contributed by atoms with E-state index in [9.17, 15) is 4.79 Å². The van der Waals surface area contributed by atoms with Gasteiger partial charge in [-0.2, -0.15) is 0 Å². The van der Waals surface area contributed by atoms with Crippen molar-refractivity contribution in [3.8, 4) is 0 Å². The van der Waals surface area contributed by atoms with Gasteiger partial charge in [0.1, 0.15) is 5.65 Å². The highest BCUT2D eigenvalue weighted by Gasteiger charge is 2.25. The Kier molecular flexibility index (Phi) is 6.15. The maximum atomic E-state index is 11.7. The van der Waals surface area contributed by atoms with Crippen LogP contribution in [0.2, 0.25) is 0 Å². The number of hydrogen-bond donors (Lipinski definition) is 0. The van der Waals surface area contributed by atoms with E-state index in [-0.39, 0.29) is 5.97 Å². The van der Waals surface area contributed by atoms with E-state index >= 15 is 0 Å². The summed E-state index contributed by atoms with van der Waals surface area (Å²) in [6.45, 7) is 11.2. The fraction of sp³-hybridized carbons (Fsp3) is 0.462. The lowest BCUT2D eigenvalue weighted by atomic mass is 9.87. The molecule has 1 aromatic carbocycles. The number of nitrogens with zero attached hydrogens (tertiary/aromatic N) is 3. The van der Waals surface area contributed by atoms with Crippen molar-refractivity contribution in [1.82, 2.24) is 14.5 Å². The number of rotatable bonds is 5. The first-order valence-electron chi connectivity index (χ1n) is 11.2. The van der Waals surface area contributed by atoms with E-state index in [1.54, 1.807) is 0 Å². The Morgan fingerprint density at radius 1 is 1.10 bits per heavy atom. The molecule has 1 saturated heterocycles. The van der Waals surface area contributed by atoms with Gasteiger partial charge in [-0.3, -0.25) is 0 Å². The second-order valence-corrected chi connectivity index (χ2v) is 9.88. The van der Waals surface area contributed by atoms with Gasteiger partial charge in [0.25, 0.3) is 0 Å². The van der Waals surface area contributed by atoms with Crippen LogP contribution in [0.25, 0.3) is 11.0 Å². The van der Waals surface area contributed by atoms with Gasteiger partial charge >= 0.3 is 5.97 Å². The summed E-state index contributed by atoms with van der Waals surface area (Å²) in [6.07, 6.45) is 6.49. The van der Waals surface area contributed by atoms with Gasteiger partial charge in [0.05, 0.1) is 12.7 Å². The van der Waals surface area contributed by atoms with Gasteiger partial charge in [0.2, 0.25) is 0 Å². The smallest absolute Gasteiger partial charge is 0.337 e. The summed E-state index contributed by atoms with van der Waals surface area (Å²) in [5, 5.41) is 1.27. The number of carbonyl (C=O) groups excluding carboxylic acids is 1. The SMILES string of the molecule is COC(=O)c1ccc(Cn2ccc3c(C4CCN(CC(C)(C)C)CC4)ccnc32)cc1. The van der Waals surface area contributed by atoms with Crippen molar-refractivity contribution in [2.45, 2.75) is 46.1 Å². The molecule has 0 bridgehead atoms. The van der Waals surface area contributed by atoms with Crippen LogP contribution in [0.5, 0.6) is 0 Å². The quantitative estimate of drug-likeness (QED) is 0.540. The third-order valence-electron chi connectivity index (χ3n) is 6.15. The number of likely N-dealkylation sites (tertiary alicyclic amines) is 1. The number of carbonyl (C=O) groups is 1. The van der Waals surface area contributed by atoms with Crippen LogP contribution in [0.3, 0.4) is 0 Å². The summed E-state index contributed by atoms with van der Waals surface area (Å²) >= 11 is 0. The highest BCUT2D eigenvalue weighted by Crippen LogP contribution is 2.33. The second kappa shape index (κ2) is 8.83. The number of benzene rings is 1. The normalized spacial score (nSPS) is 16.0. The van der Waals surface area contributed by atoms with Crippen LogP contribution < -0.4 is 0 Å². The Balaban J connectivity index is 1.49. The molecule has 5 heteroatoms. The molecule has 0 saturated carbocycles. The minimum atomic E-state index is -0.308. The Labute approximate surface area is 185 Å². The number of hydrogen-bond acceptors (Lipinski definition) is 4. The summed E-state index contributed by atoms with van der Waals surface area (Å²) in [5.41, 5.74) is 4.52. The predicted octanol–water partition coefficient (Wildman–Crippen LogP) is 5.10. The van der Waals surface area contributed by atoms with Gasteiger partial charge in [0, 0.05) is 30.9 Å². The fourth-order valence-corrected chi connectivity index (χ4v) is 4.73. The van der Waals surface area contributed by atoms with Gasteiger partial charge in [-0.15, -0.1) is 0 Å². The fourth-order valence-electron chi connectivity index (χ4n) is 4.73. The summed E-state index contributed by atoms with van der Waals surface area (Å²) < 4.78 is 6.98. The van der Waals surface area contributed by atoms with E-state index in [2.05, 4.69) is 48.6 Å². The number of piperidine rings is 1. The Morgan fingerprint density at radius 2 is 1.81 bits per heavy atom. The molecule has 2 aromatic heterocycles. The zero-order valence-electron chi connectivity index (χ0n) is 19.1. The lowest BCUT2D eigenvalue weighted by Crippen LogP contribution is -2.38. The van der Waals surface area contributed by atoms with Crippen molar-refractivity contribution in [3.63, 3.8) is 0 Å². The molecule has 1 aliphatic rings. The minimum absolute atomic E-state index is 0.308. The number of aromatic nitrogens is 2. The number of esters is 1. The Morgan fingerprint density at radius 3 is 2.45 bits per heavy atom. The zero-order chi connectivity index (χ0) is 22.0. The van der Waals surface area contributed by atoms with E-state index < -0.39 is 0 Å². The van der Waals surface area contributed by atoms with Gasteiger partial charge in [-0.1, -0.05) is 32.9 Å². The molecular formula is C26H33N3O2. The summed E-state index contributed by atoms with van der Waals surface area (Å²) in [6, 6.07) is 12.0. The third kappa shape index (κ3) is 4.99. The lowest BCUT2D eigenvalue weighted by molar-refractivity contribution is 0.0600. The van der Waals surface area contributed by atoms with Gasteiger partial charge < -0.3 is 14.2 Å². The standard InChI is InChI=1S/C26H33N3O2/c1-26(2,3)18-28-14-10-20(11-15-28)22-9-13-27-24-23(22)12-16-29(24)17-19-5-7-21(8-6-19)25(30)31-4/h5-9,12-13,16,20H,10-11,14-15,17-18H2,1-4H3. The molecule has 4 rings (SSSR count). The summed E-state index contributed by atoms with van der Waals surface area (Å²) in [4.78, 5) is 19.0. The molecule has 0 spiro atoms. The van der Waals surface area contributed by atoms with E-state index in [0.717, 1.165) is 24.3 Å². The first-order chi connectivity index (χ1) is 14.8. The van der Waals surface area contributed by atoms with E-state index in [1.165, 1.54) is 44.0 Å². The zero-order valence-corrected chi connectivity index (χ0v) is 19.1. The molecule has 0 N–H and O–H groups in total. The summed E-state index contributed by atoms with van der Waals surface area (Å²) in [7, 11) is 1.40. The van der Waals surface area contributed by atoms with E-state index in [1.807, 2.05) is 30.5 Å².